The van der Waals surface area contributed by atoms with Crippen molar-refractivity contribution in [3.05, 3.63) is 12.7 Å². The SMILES string of the molecule is C=CCCNC(=O)CSCC(=O)O. The predicted molar refractivity (Wildman–Crippen MR) is 52.8 cm³/mol. The van der Waals surface area contributed by atoms with Crippen LogP contribution in [-0.2, 0) is 9.59 Å². The summed E-state index contributed by atoms with van der Waals surface area (Å²) in [6.45, 7) is 4.07. The van der Waals surface area contributed by atoms with Gasteiger partial charge in [-0.1, -0.05) is 6.08 Å². The summed E-state index contributed by atoms with van der Waals surface area (Å²) in [5, 5.41) is 10.9. The molecule has 0 aliphatic heterocycles. The number of amides is 1. The van der Waals surface area contributed by atoms with Crippen LogP contribution >= 0.6 is 11.8 Å². The lowest BCUT2D eigenvalue weighted by atomic mass is 10.4. The zero-order valence-electron chi connectivity index (χ0n) is 7.28. The number of carbonyl (C=O) groups is 2. The summed E-state index contributed by atoms with van der Waals surface area (Å²) < 4.78 is 0. The molecule has 0 aromatic rings. The number of thioether (sulfide) groups is 1. The van der Waals surface area contributed by atoms with Gasteiger partial charge in [0.1, 0.15) is 0 Å². The van der Waals surface area contributed by atoms with Crippen molar-refractivity contribution in [3.63, 3.8) is 0 Å². The number of rotatable bonds is 7. The summed E-state index contributed by atoms with van der Waals surface area (Å²) in [6, 6.07) is 0. The number of nitrogens with one attached hydrogen (secondary N) is 1. The van der Waals surface area contributed by atoms with Crippen LogP contribution in [0.25, 0.3) is 0 Å². The zero-order valence-corrected chi connectivity index (χ0v) is 8.10. The second-order valence-corrected chi connectivity index (χ2v) is 3.30. The maximum atomic E-state index is 10.9. The first-order chi connectivity index (χ1) is 6.16. The molecule has 0 atom stereocenters. The largest absolute Gasteiger partial charge is 0.481 e. The predicted octanol–water partition coefficient (Wildman–Crippen LogP) is 0.496. The first-order valence-electron chi connectivity index (χ1n) is 3.84. The second-order valence-electron chi connectivity index (χ2n) is 2.31. The quantitative estimate of drug-likeness (QED) is 0.467. The maximum absolute atomic E-state index is 10.9. The van der Waals surface area contributed by atoms with Crippen LogP contribution in [0.2, 0.25) is 0 Å². The van der Waals surface area contributed by atoms with Crippen LogP contribution in [0.4, 0.5) is 0 Å². The molecule has 0 heterocycles. The minimum Gasteiger partial charge on any atom is -0.481 e. The third-order valence-corrected chi connectivity index (χ3v) is 2.05. The molecule has 2 N–H and O–H groups in total. The van der Waals surface area contributed by atoms with Gasteiger partial charge >= 0.3 is 5.97 Å². The fourth-order valence-corrected chi connectivity index (χ4v) is 1.16. The molecule has 0 fully saturated rings. The van der Waals surface area contributed by atoms with Crippen molar-refractivity contribution in [2.45, 2.75) is 6.42 Å². The molecule has 0 aliphatic carbocycles. The number of carboxylic acid groups (broad SMARTS) is 1. The van der Waals surface area contributed by atoms with Crippen LogP contribution in [0, 0.1) is 0 Å². The van der Waals surface area contributed by atoms with E-state index in [-0.39, 0.29) is 17.4 Å². The molecule has 5 heteroatoms. The summed E-state index contributed by atoms with van der Waals surface area (Å²) in [5.41, 5.74) is 0. The molecule has 13 heavy (non-hydrogen) atoms. The van der Waals surface area contributed by atoms with E-state index < -0.39 is 5.97 Å². The molecular weight excluding hydrogens is 190 g/mol. The highest BCUT2D eigenvalue weighted by molar-refractivity contribution is 8.00. The second kappa shape index (κ2) is 7.67. The van der Waals surface area contributed by atoms with Gasteiger partial charge < -0.3 is 10.4 Å². The van der Waals surface area contributed by atoms with Crippen LogP contribution in [0.5, 0.6) is 0 Å². The first-order valence-corrected chi connectivity index (χ1v) is 4.99. The van der Waals surface area contributed by atoms with E-state index >= 15 is 0 Å². The molecule has 1 amide bonds. The lowest BCUT2D eigenvalue weighted by molar-refractivity contribution is -0.133. The first kappa shape index (κ1) is 12.0. The van der Waals surface area contributed by atoms with Gasteiger partial charge in [0.05, 0.1) is 11.5 Å². The normalized spacial score (nSPS) is 9.23. The lowest BCUT2D eigenvalue weighted by Crippen LogP contribution is -2.26. The van der Waals surface area contributed by atoms with E-state index in [1.54, 1.807) is 6.08 Å². The molecule has 0 saturated carbocycles. The highest BCUT2D eigenvalue weighted by Gasteiger charge is 2.02. The van der Waals surface area contributed by atoms with E-state index in [1.165, 1.54) is 0 Å². The smallest absolute Gasteiger partial charge is 0.313 e. The zero-order chi connectivity index (χ0) is 10.1. The average Bonchev–Trinajstić information content (AvgIpc) is 2.04. The third-order valence-electron chi connectivity index (χ3n) is 1.13. The monoisotopic (exact) mass is 203 g/mol. The minimum absolute atomic E-state index is 0.0329. The Bertz CT molecular complexity index is 194. The van der Waals surface area contributed by atoms with Gasteiger partial charge in [0, 0.05) is 6.54 Å². The number of hydrogen-bond acceptors (Lipinski definition) is 3. The molecule has 0 spiro atoms. The number of hydrogen-bond donors (Lipinski definition) is 2. The van der Waals surface area contributed by atoms with E-state index in [9.17, 15) is 9.59 Å². The Morgan fingerprint density at radius 3 is 2.69 bits per heavy atom. The Morgan fingerprint density at radius 2 is 2.15 bits per heavy atom. The van der Waals surface area contributed by atoms with Gasteiger partial charge in [-0.25, -0.2) is 0 Å². The van der Waals surface area contributed by atoms with E-state index in [0.717, 1.165) is 18.2 Å². The van der Waals surface area contributed by atoms with Crippen LogP contribution in [-0.4, -0.2) is 35.0 Å². The third kappa shape index (κ3) is 8.94. The fraction of sp³-hybridized carbons (Fsp3) is 0.500. The highest BCUT2D eigenvalue weighted by atomic mass is 32.2. The number of carboxylic acids is 1. The van der Waals surface area contributed by atoms with Gasteiger partial charge in [0.25, 0.3) is 0 Å². The summed E-state index contributed by atoms with van der Waals surface area (Å²) >= 11 is 1.09. The van der Waals surface area contributed by atoms with Gasteiger partial charge in [0.15, 0.2) is 0 Å². The van der Waals surface area contributed by atoms with Crippen molar-refractivity contribution in [1.29, 1.82) is 0 Å². The molecule has 4 nitrogen and oxygen atoms in total. The van der Waals surface area contributed by atoms with Crippen LogP contribution in [0.1, 0.15) is 6.42 Å². The molecule has 0 saturated heterocycles. The van der Waals surface area contributed by atoms with Gasteiger partial charge in [-0.3, -0.25) is 9.59 Å². The Balaban J connectivity index is 3.30. The number of aliphatic carboxylic acids is 1. The fourth-order valence-electron chi connectivity index (χ4n) is 0.596. The molecule has 0 aromatic carbocycles. The summed E-state index contributed by atoms with van der Waals surface area (Å²) in [6.07, 6.45) is 2.44. The van der Waals surface area contributed by atoms with Gasteiger partial charge in [-0.05, 0) is 6.42 Å². The molecule has 0 unspecified atom stereocenters. The van der Waals surface area contributed by atoms with E-state index in [0.29, 0.717) is 6.54 Å². The standard InChI is InChI=1S/C8H13NO3S/c1-2-3-4-9-7(10)5-13-6-8(11)12/h2H,1,3-6H2,(H,9,10)(H,11,12). The van der Waals surface area contributed by atoms with Crippen LogP contribution in [0.3, 0.4) is 0 Å². The van der Waals surface area contributed by atoms with Crippen molar-refractivity contribution >= 4 is 23.6 Å². The summed E-state index contributed by atoms with van der Waals surface area (Å²) in [5.74, 6) is -0.866. The molecule has 0 rings (SSSR count). The molecule has 0 aromatic heterocycles. The van der Waals surface area contributed by atoms with E-state index in [1.807, 2.05) is 0 Å². The van der Waals surface area contributed by atoms with Crippen LogP contribution < -0.4 is 5.32 Å². The molecule has 0 aliphatic rings. The van der Waals surface area contributed by atoms with Gasteiger partial charge in [-0.15, -0.1) is 18.3 Å². The van der Waals surface area contributed by atoms with E-state index in [2.05, 4.69) is 11.9 Å². The molecule has 0 radical (unpaired) electrons. The average molecular weight is 203 g/mol. The Hall–Kier alpha value is -0.970. The van der Waals surface area contributed by atoms with Crippen LogP contribution in [0.15, 0.2) is 12.7 Å². The summed E-state index contributed by atoms with van der Waals surface area (Å²) in [4.78, 5) is 21.0. The molecular formula is C8H13NO3S. The van der Waals surface area contributed by atoms with Crippen molar-refractivity contribution < 1.29 is 14.7 Å². The lowest BCUT2D eigenvalue weighted by Gasteiger charge is -2.01. The highest BCUT2D eigenvalue weighted by Crippen LogP contribution is 1.97. The molecule has 74 valence electrons. The Kier molecular flexibility index (Phi) is 7.10. The maximum Gasteiger partial charge on any atom is 0.313 e. The van der Waals surface area contributed by atoms with Gasteiger partial charge in [0.2, 0.25) is 5.91 Å². The van der Waals surface area contributed by atoms with E-state index in [4.69, 9.17) is 5.11 Å². The topological polar surface area (TPSA) is 66.4 Å². The summed E-state index contributed by atoms with van der Waals surface area (Å²) in [7, 11) is 0. The van der Waals surface area contributed by atoms with Crippen molar-refractivity contribution in [2.75, 3.05) is 18.1 Å². The number of carbonyl (C=O) groups excluding carboxylic acids is 1. The Morgan fingerprint density at radius 1 is 1.46 bits per heavy atom. The van der Waals surface area contributed by atoms with Crippen molar-refractivity contribution in [1.82, 2.24) is 5.32 Å². The van der Waals surface area contributed by atoms with Gasteiger partial charge in [-0.2, -0.15) is 0 Å². The minimum atomic E-state index is -0.899. The Labute approximate surface area is 81.4 Å². The van der Waals surface area contributed by atoms with Crippen molar-refractivity contribution in [2.24, 2.45) is 0 Å². The molecule has 0 bridgehead atoms. The van der Waals surface area contributed by atoms with Crippen molar-refractivity contribution in [3.8, 4) is 0 Å².